The van der Waals surface area contributed by atoms with Gasteiger partial charge in [0.15, 0.2) is 0 Å². The van der Waals surface area contributed by atoms with E-state index in [1.54, 1.807) is 24.3 Å². The molecule has 1 aromatic heterocycles. The lowest BCUT2D eigenvalue weighted by molar-refractivity contribution is -0.118. The number of aromatic nitrogens is 1. The van der Waals surface area contributed by atoms with Crippen LogP contribution in [0.2, 0.25) is 5.02 Å². The maximum Gasteiger partial charge on any atom is 0.341 e. The van der Waals surface area contributed by atoms with Gasteiger partial charge in [-0.25, -0.2) is 4.79 Å². The van der Waals surface area contributed by atoms with Crippen LogP contribution in [0, 0.1) is 0 Å². The summed E-state index contributed by atoms with van der Waals surface area (Å²) >= 11 is 5.80. The monoisotopic (exact) mass is 306 g/mol. The van der Waals surface area contributed by atoms with Gasteiger partial charge in [0.1, 0.15) is 12.1 Å². The highest BCUT2D eigenvalue weighted by atomic mass is 35.5. The summed E-state index contributed by atoms with van der Waals surface area (Å²) in [6, 6.07) is 9.23. The summed E-state index contributed by atoms with van der Waals surface area (Å²) in [4.78, 5) is 34.3. The second-order valence-electron chi connectivity index (χ2n) is 4.30. The molecule has 6 nitrogen and oxygen atoms in total. The predicted octanol–water partition coefficient (Wildman–Crippen LogP) is 1.35. The molecule has 21 heavy (non-hydrogen) atoms. The molecule has 0 fully saturated rings. The van der Waals surface area contributed by atoms with Crippen LogP contribution in [-0.2, 0) is 11.3 Å². The molecule has 0 spiro atoms. The fourth-order valence-corrected chi connectivity index (χ4v) is 2.05. The maximum absolute atomic E-state index is 12.2. The molecule has 0 aliphatic rings. The number of carbonyl (C=O) groups is 2. The number of benzene rings is 1. The number of hydrogen-bond donors (Lipinski definition) is 2. The molecule has 0 bridgehead atoms. The molecule has 1 amide bonds. The molecule has 1 heterocycles. The molecule has 3 N–H and O–H groups in total. The SMILES string of the molecule is NC(=O)Cn1c(-c2ccc(Cl)cc2)ccc(C(=O)O)c1=O. The zero-order valence-corrected chi connectivity index (χ0v) is 11.5. The molecule has 2 aromatic rings. The van der Waals surface area contributed by atoms with Gasteiger partial charge in [-0.2, -0.15) is 0 Å². The van der Waals surface area contributed by atoms with Gasteiger partial charge >= 0.3 is 5.97 Å². The number of nitrogens with zero attached hydrogens (tertiary/aromatic N) is 1. The van der Waals surface area contributed by atoms with Crippen molar-refractivity contribution in [2.24, 2.45) is 5.73 Å². The number of carboxylic acid groups (broad SMARTS) is 1. The van der Waals surface area contributed by atoms with Crippen LogP contribution >= 0.6 is 11.6 Å². The van der Waals surface area contributed by atoms with E-state index in [0.29, 0.717) is 16.3 Å². The number of amides is 1. The fourth-order valence-electron chi connectivity index (χ4n) is 1.93. The van der Waals surface area contributed by atoms with Crippen LogP contribution in [0.3, 0.4) is 0 Å². The minimum atomic E-state index is -1.36. The molecule has 2 rings (SSSR count). The van der Waals surface area contributed by atoms with Crippen molar-refractivity contribution in [1.29, 1.82) is 0 Å². The lowest BCUT2D eigenvalue weighted by Gasteiger charge is -2.12. The number of pyridine rings is 1. The lowest BCUT2D eigenvalue weighted by Crippen LogP contribution is -2.32. The van der Waals surface area contributed by atoms with E-state index in [1.807, 2.05) is 0 Å². The van der Waals surface area contributed by atoms with E-state index in [1.165, 1.54) is 12.1 Å². The van der Waals surface area contributed by atoms with Crippen molar-refractivity contribution in [1.82, 2.24) is 4.57 Å². The summed E-state index contributed by atoms with van der Waals surface area (Å²) < 4.78 is 1.04. The van der Waals surface area contributed by atoms with Crippen LogP contribution in [0.15, 0.2) is 41.2 Å². The highest BCUT2D eigenvalue weighted by Gasteiger charge is 2.16. The van der Waals surface area contributed by atoms with Gasteiger partial charge in [-0.1, -0.05) is 23.7 Å². The van der Waals surface area contributed by atoms with Crippen LogP contribution in [0.5, 0.6) is 0 Å². The van der Waals surface area contributed by atoms with E-state index >= 15 is 0 Å². The van der Waals surface area contributed by atoms with E-state index in [4.69, 9.17) is 22.4 Å². The molecular formula is C14H11ClN2O4. The molecular weight excluding hydrogens is 296 g/mol. The largest absolute Gasteiger partial charge is 0.477 e. The Kier molecular flexibility index (Phi) is 4.09. The number of nitrogens with two attached hydrogens (primary N) is 1. The first-order chi connectivity index (χ1) is 9.90. The Bertz CT molecular complexity index is 766. The van der Waals surface area contributed by atoms with Gasteiger partial charge in [-0.05, 0) is 29.8 Å². The number of carbonyl (C=O) groups excluding carboxylic acids is 1. The van der Waals surface area contributed by atoms with Crippen molar-refractivity contribution in [3.8, 4) is 11.3 Å². The standard InChI is InChI=1S/C14H11ClN2O4/c15-9-3-1-8(2-4-9)11-6-5-10(14(20)21)13(19)17(11)7-12(16)18/h1-6H,7H2,(H2,16,18)(H,20,21). The third-order valence-corrected chi connectivity index (χ3v) is 3.11. The second kappa shape index (κ2) is 5.80. The lowest BCUT2D eigenvalue weighted by atomic mass is 10.1. The third-order valence-electron chi connectivity index (χ3n) is 2.86. The van der Waals surface area contributed by atoms with Crippen molar-refractivity contribution in [3.05, 3.63) is 57.3 Å². The van der Waals surface area contributed by atoms with Gasteiger partial charge in [0.05, 0.1) is 5.69 Å². The van der Waals surface area contributed by atoms with Crippen LogP contribution < -0.4 is 11.3 Å². The Morgan fingerprint density at radius 1 is 1.14 bits per heavy atom. The van der Waals surface area contributed by atoms with Gasteiger partial charge in [0, 0.05) is 5.02 Å². The number of rotatable bonds is 4. The fraction of sp³-hybridized carbons (Fsp3) is 0.0714. The molecule has 108 valence electrons. The quantitative estimate of drug-likeness (QED) is 0.890. The summed E-state index contributed by atoms with van der Waals surface area (Å²) in [6.45, 7) is -0.405. The summed E-state index contributed by atoms with van der Waals surface area (Å²) in [5.74, 6) is -2.10. The van der Waals surface area contributed by atoms with E-state index in [2.05, 4.69) is 0 Å². The minimum absolute atomic E-state index is 0.389. The number of hydrogen-bond acceptors (Lipinski definition) is 3. The normalized spacial score (nSPS) is 10.3. The molecule has 0 aliphatic carbocycles. The van der Waals surface area contributed by atoms with Crippen LogP contribution in [0.1, 0.15) is 10.4 Å². The highest BCUT2D eigenvalue weighted by Crippen LogP contribution is 2.21. The average molecular weight is 307 g/mol. The molecule has 0 saturated carbocycles. The van der Waals surface area contributed by atoms with Gasteiger partial charge < -0.3 is 10.8 Å². The topological polar surface area (TPSA) is 102 Å². The highest BCUT2D eigenvalue weighted by molar-refractivity contribution is 6.30. The molecule has 1 aromatic carbocycles. The molecule has 7 heteroatoms. The predicted molar refractivity (Wildman–Crippen MR) is 77.3 cm³/mol. The first-order valence-corrected chi connectivity index (χ1v) is 6.29. The summed E-state index contributed by atoms with van der Waals surface area (Å²) in [6.07, 6.45) is 0. The summed E-state index contributed by atoms with van der Waals surface area (Å²) in [5.41, 5.74) is 4.93. The van der Waals surface area contributed by atoms with E-state index in [9.17, 15) is 14.4 Å². The second-order valence-corrected chi connectivity index (χ2v) is 4.74. The smallest absolute Gasteiger partial charge is 0.341 e. The Hall–Kier alpha value is -2.60. The van der Waals surface area contributed by atoms with Gasteiger partial charge in [0.25, 0.3) is 5.56 Å². The molecule has 0 radical (unpaired) electrons. The average Bonchev–Trinajstić information content (AvgIpc) is 2.41. The zero-order valence-electron chi connectivity index (χ0n) is 10.7. The number of primary amides is 1. The molecule has 0 aliphatic heterocycles. The van der Waals surface area contributed by atoms with E-state index < -0.39 is 29.5 Å². The summed E-state index contributed by atoms with van der Waals surface area (Å²) in [5, 5.41) is 9.49. The Labute approximate surface area is 124 Å². The van der Waals surface area contributed by atoms with Crippen molar-refractivity contribution < 1.29 is 14.7 Å². The van der Waals surface area contributed by atoms with Crippen molar-refractivity contribution in [2.75, 3.05) is 0 Å². The van der Waals surface area contributed by atoms with Gasteiger partial charge in [-0.3, -0.25) is 14.2 Å². The van der Waals surface area contributed by atoms with Crippen LogP contribution in [-0.4, -0.2) is 21.6 Å². The summed E-state index contributed by atoms with van der Waals surface area (Å²) in [7, 11) is 0. The Balaban J connectivity index is 2.68. The Morgan fingerprint density at radius 2 is 1.76 bits per heavy atom. The maximum atomic E-state index is 12.2. The van der Waals surface area contributed by atoms with Crippen molar-refractivity contribution >= 4 is 23.5 Å². The van der Waals surface area contributed by atoms with Crippen LogP contribution in [0.4, 0.5) is 0 Å². The number of halogens is 1. The van der Waals surface area contributed by atoms with Crippen molar-refractivity contribution in [2.45, 2.75) is 6.54 Å². The van der Waals surface area contributed by atoms with Crippen LogP contribution in [0.25, 0.3) is 11.3 Å². The first-order valence-electron chi connectivity index (χ1n) is 5.91. The third kappa shape index (κ3) is 3.11. The molecule has 0 atom stereocenters. The van der Waals surface area contributed by atoms with E-state index in [-0.39, 0.29) is 0 Å². The molecule has 0 unspecified atom stereocenters. The number of aromatic carboxylic acids is 1. The molecule has 0 saturated heterocycles. The van der Waals surface area contributed by atoms with E-state index in [0.717, 1.165) is 4.57 Å². The van der Waals surface area contributed by atoms with Gasteiger partial charge in [0.2, 0.25) is 5.91 Å². The number of carboxylic acids is 1. The minimum Gasteiger partial charge on any atom is -0.477 e. The van der Waals surface area contributed by atoms with Crippen molar-refractivity contribution in [3.63, 3.8) is 0 Å². The Morgan fingerprint density at radius 3 is 2.29 bits per heavy atom. The first kappa shape index (κ1) is 14.8. The van der Waals surface area contributed by atoms with Gasteiger partial charge in [-0.15, -0.1) is 0 Å². The zero-order chi connectivity index (χ0) is 15.6.